The Bertz CT molecular complexity index is 320. The third-order valence-corrected chi connectivity index (χ3v) is 3.38. The highest BCUT2D eigenvalue weighted by atomic mass is 19.4. The van der Waals surface area contributed by atoms with Crippen molar-refractivity contribution in [2.24, 2.45) is 0 Å². The molecule has 1 fully saturated rings. The SMILES string of the molecule is CC(C)N(C)C(=O)CN1CCC(O)(C(F)(F)F)C1. The fourth-order valence-electron chi connectivity index (χ4n) is 1.83. The van der Waals surface area contributed by atoms with Gasteiger partial charge in [-0.05, 0) is 20.3 Å². The Kier molecular flexibility index (Phi) is 4.27. The molecule has 0 aromatic carbocycles. The lowest BCUT2D eigenvalue weighted by Gasteiger charge is -2.27. The Morgan fingerprint density at radius 3 is 2.44 bits per heavy atom. The van der Waals surface area contributed by atoms with E-state index in [0.717, 1.165) is 0 Å². The summed E-state index contributed by atoms with van der Waals surface area (Å²) < 4.78 is 37.7. The number of aliphatic hydroxyl groups is 1. The molecule has 1 aliphatic heterocycles. The predicted molar refractivity (Wildman–Crippen MR) is 60.0 cm³/mol. The standard InChI is InChI=1S/C11H19F3N2O2/c1-8(2)15(3)9(17)6-16-5-4-10(18,7-16)11(12,13)14/h8,18H,4-7H2,1-3H3. The molecule has 1 amide bonds. The Morgan fingerprint density at radius 1 is 1.50 bits per heavy atom. The van der Waals surface area contributed by atoms with E-state index >= 15 is 0 Å². The number of carbonyl (C=O) groups excluding carboxylic acids is 1. The van der Waals surface area contributed by atoms with Crippen LogP contribution in [0, 0.1) is 0 Å². The fraction of sp³-hybridized carbons (Fsp3) is 0.909. The van der Waals surface area contributed by atoms with Crippen molar-refractivity contribution in [2.75, 3.05) is 26.7 Å². The first-order valence-corrected chi connectivity index (χ1v) is 5.84. The van der Waals surface area contributed by atoms with E-state index in [2.05, 4.69) is 0 Å². The quantitative estimate of drug-likeness (QED) is 0.825. The van der Waals surface area contributed by atoms with Gasteiger partial charge < -0.3 is 10.0 Å². The topological polar surface area (TPSA) is 43.8 Å². The molecule has 106 valence electrons. The summed E-state index contributed by atoms with van der Waals surface area (Å²) in [6.45, 7) is 3.11. The van der Waals surface area contributed by atoms with Gasteiger partial charge in [-0.25, -0.2) is 0 Å². The number of likely N-dealkylation sites (N-methyl/N-ethyl adjacent to an activating group) is 1. The second-order valence-electron chi connectivity index (χ2n) is 5.09. The monoisotopic (exact) mass is 268 g/mol. The van der Waals surface area contributed by atoms with Crippen LogP contribution in [0.2, 0.25) is 0 Å². The van der Waals surface area contributed by atoms with Gasteiger partial charge >= 0.3 is 6.18 Å². The molecular formula is C11H19F3N2O2. The van der Waals surface area contributed by atoms with Crippen LogP contribution in [-0.2, 0) is 4.79 Å². The normalized spacial score (nSPS) is 25.8. The van der Waals surface area contributed by atoms with E-state index in [1.54, 1.807) is 7.05 Å². The molecule has 0 spiro atoms. The average Bonchev–Trinajstić information content (AvgIpc) is 2.59. The van der Waals surface area contributed by atoms with Gasteiger partial charge in [0, 0.05) is 26.2 Å². The summed E-state index contributed by atoms with van der Waals surface area (Å²) >= 11 is 0. The third-order valence-electron chi connectivity index (χ3n) is 3.38. The van der Waals surface area contributed by atoms with Gasteiger partial charge in [-0.1, -0.05) is 0 Å². The maximum atomic E-state index is 12.6. The molecular weight excluding hydrogens is 249 g/mol. The molecule has 0 aromatic rings. The van der Waals surface area contributed by atoms with Crippen molar-refractivity contribution in [1.29, 1.82) is 0 Å². The summed E-state index contributed by atoms with van der Waals surface area (Å²) in [7, 11) is 1.61. The molecule has 0 aromatic heterocycles. The first-order chi connectivity index (χ1) is 8.07. The molecule has 0 bridgehead atoms. The van der Waals surface area contributed by atoms with E-state index in [4.69, 9.17) is 0 Å². The summed E-state index contributed by atoms with van der Waals surface area (Å²) in [4.78, 5) is 14.5. The number of hydrogen-bond donors (Lipinski definition) is 1. The van der Waals surface area contributed by atoms with Gasteiger partial charge in [0.15, 0.2) is 5.60 Å². The maximum absolute atomic E-state index is 12.6. The number of nitrogens with zero attached hydrogens (tertiary/aromatic N) is 2. The van der Waals surface area contributed by atoms with Crippen LogP contribution in [0.5, 0.6) is 0 Å². The van der Waals surface area contributed by atoms with Crippen LogP contribution in [-0.4, -0.2) is 65.3 Å². The lowest BCUT2D eigenvalue weighted by molar-refractivity contribution is -0.253. The number of carbonyl (C=O) groups is 1. The third kappa shape index (κ3) is 3.14. The molecule has 1 aliphatic rings. The van der Waals surface area contributed by atoms with E-state index in [-0.39, 0.29) is 31.5 Å². The Labute approximate surface area is 104 Å². The molecule has 1 N–H and O–H groups in total. The van der Waals surface area contributed by atoms with Crippen molar-refractivity contribution < 1.29 is 23.1 Å². The van der Waals surface area contributed by atoms with Crippen LogP contribution < -0.4 is 0 Å². The zero-order valence-electron chi connectivity index (χ0n) is 10.8. The largest absolute Gasteiger partial charge is 0.418 e. The van der Waals surface area contributed by atoms with Crippen LogP contribution in [0.1, 0.15) is 20.3 Å². The lowest BCUT2D eigenvalue weighted by Crippen LogP contribution is -2.48. The van der Waals surface area contributed by atoms with Crippen molar-refractivity contribution in [3.05, 3.63) is 0 Å². The number of β-amino-alcohol motifs (C(OH)–C–C–N with tert-alkyl or cyclic N) is 1. The Balaban J connectivity index is 2.56. The highest BCUT2D eigenvalue weighted by Gasteiger charge is 2.57. The number of halogens is 3. The van der Waals surface area contributed by atoms with E-state index in [1.807, 2.05) is 13.8 Å². The summed E-state index contributed by atoms with van der Waals surface area (Å²) in [5.74, 6) is -0.239. The fourth-order valence-corrected chi connectivity index (χ4v) is 1.83. The van der Waals surface area contributed by atoms with Gasteiger partial charge in [-0.15, -0.1) is 0 Å². The molecule has 0 radical (unpaired) electrons. The average molecular weight is 268 g/mol. The summed E-state index contributed by atoms with van der Waals surface area (Å²) in [6, 6.07) is 0.00148. The van der Waals surface area contributed by atoms with Crippen molar-refractivity contribution in [3.8, 4) is 0 Å². The molecule has 1 unspecified atom stereocenters. The van der Waals surface area contributed by atoms with E-state index in [1.165, 1.54) is 9.80 Å². The number of amides is 1. The zero-order chi connectivity index (χ0) is 14.1. The molecule has 0 saturated carbocycles. The number of hydrogen-bond acceptors (Lipinski definition) is 3. The van der Waals surface area contributed by atoms with Gasteiger partial charge in [0.1, 0.15) is 0 Å². The van der Waals surface area contributed by atoms with E-state index < -0.39 is 18.3 Å². The van der Waals surface area contributed by atoms with E-state index in [0.29, 0.717) is 0 Å². The van der Waals surface area contributed by atoms with Crippen molar-refractivity contribution in [1.82, 2.24) is 9.80 Å². The highest BCUT2D eigenvalue weighted by Crippen LogP contribution is 2.37. The summed E-state index contributed by atoms with van der Waals surface area (Å²) in [5, 5.41) is 9.47. The Morgan fingerprint density at radius 2 is 2.06 bits per heavy atom. The number of rotatable bonds is 3. The van der Waals surface area contributed by atoms with Gasteiger partial charge in [-0.2, -0.15) is 13.2 Å². The minimum Gasteiger partial charge on any atom is -0.379 e. The molecule has 4 nitrogen and oxygen atoms in total. The van der Waals surface area contributed by atoms with Crippen LogP contribution in [0.4, 0.5) is 13.2 Å². The van der Waals surface area contributed by atoms with Crippen molar-refractivity contribution >= 4 is 5.91 Å². The summed E-state index contributed by atoms with van der Waals surface area (Å²) in [5.41, 5.74) is -2.68. The summed E-state index contributed by atoms with van der Waals surface area (Å²) in [6.07, 6.45) is -5.02. The smallest absolute Gasteiger partial charge is 0.379 e. The first kappa shape index (κ1) is 15.2. The van der Waals surface area contributed by atoms with Crippen molar-refractivity contribution in [2.45, 2.75) is 38.1 Å². The number of alkyl halides is 3. The van der Waals surface area contributed by atoms with Gasteiger partial charge in [-0.3, -0.25) is 9.69 Å². The van der Waals surface area contributed by atoms with Gasteiger partial charge in [0.25, 0.3) is 0 Å². The highest BCUT2D eigenvalue weighted by molar-refractivity contribution is 5.78. The van der Waals surface area contributed by atoms with Crippen molar-refractivity contribution in [3.63, 3.8) is 0 Å². The van der Waals surface area contributed by atoms with Crippen LogP contribution in [0.15, 0.2) is 0 Å². The Hall–Kier alpha value is -0.820. The van der Waals surface area contributed by atoms with Crippen LogP contribution in [0.3, 0.4) is 0 Å². The molecule has 1 atom stereocenters. The van der Waals surface area contributed by atoms with Gasteiger partial charge in [0.05, 0.1) is 6.54 Å². The van der Waals surface area contributed by atoms with E-state index in [9.17, 15) is 23.1 Å². The second kappa shape index (κ2) is 5.05. The first-order valence-electron chi connectivity index (χ1n) is 5.84. The lowest BCUT2D eigenvalue weighted by atomic mass is 10.0. The zero-order valence-corrected chi connectivity index (χ0v) is 10.8. The number of likely N-dealkylation sites (tertiary alicyclic amines) is 1. The van der Waals surface area contributed by atoms with Crippen LogP contribution in [0.25, 0.3) is 0 Å². The minimum atomic E-state index is -4.64. The molecule has 1 rings (SSSR count). The minimum absolute atomic E-state index is 0.00148. The molecule has 7 heteroatoms. The van der Waals surface area contributed by atoms with Crippen LogP contribution >= 0.6 is 0 Å². The molecule has 1 saturated heterocycles. The molecule has 18 heavy (non-hydrogen) atoms. The second-order valence-corrected chi connectivity index (χ2v) is 5.09. The van der Waals surface area contributed by atoms with Gasteiger partial charge in [0.2, 0.25) is 5.91 Å². The predicted octanol–water partition coefficient (Wildman–Crippen LogP) is 0.852. The molecule has 0 aliphatic carbocycles. The maximum Gasteiger partial charge on any atom is 0.418 e. The molecule has 1 heterocycles.